The fourth-order valence-corrected chi connectivity index (χ4v) is 3.34. The van der Waals surface area contributed by atoms with Crippen molar-refractivity contribution in [3.63, 3.8) is 0 Å². The number of halogens is 2. The number of para-hydroxylation sites is 1. The van der Waals surface area contributed by atoms with Crippen LogP contribution in [0.25, 0.3) is 22.2 Å². The number of esters is 1. The zero-order chi connectivity index (χ0) is 21.3. The minimum atomic E-state index is -0.668. The lowest BCUT2D eigenvalue weighted by atomic mass is 10.1. The molecule has 0 aliphatic rings. The van der Waals surface area contributed by atoms with Crippen molar-refractivity contribution >= 4 is 51.9 Å². The summed E-state index contributed by atoms with van der Waals surface area (Å²) in [6.07, 6.45) is 0. The predicted molar refractivity (Wildman–Crippen MR) is 114 cm³/mol. The van der Waals surface area contributed by atoms with Crippen molar-refractivity contribution in [1.82, 2.24) is 10.1 Å². The molecule has 2 aromatic heterocycles. The highest BCUT2D eigenvalue weighted by Crippen LogP contribution is 2.31. The SMILES string of the molecule is CCOC(=O)c1c(-c2ccc(Cl)cc2)noc1NC(=O)c1cc2cccc(Cl)c2[nH]1. The van der Waals surface area contributed by atoms with E-state index in [-0.39, 0.29) is 29.4 Å². The number of nitrogens with one attached hydrogen (secondary N) is 2. The molecule has 0 fully saturated rings. The molecule has 7 nitrogen and oxygen atoms in total. The second kappa shape index (κ2) is 8.22. The van der Waals surface area contributed by atoms with Gasteiger partial charge in [0, 0.05) is 16.0 Å². The lowest BCUT2D eigenvalue weighted by Gasteiger charge is -2.05. The zero-order valence-corrected chi connectivity index (χ0v) is 17.2. The van der Waals surface area contributed by atoms with Crippen LogP contribution in [-0.4, -0.2) is 28.6 Å². The quantitative estimate of drug-likeness (QED) is 0.393. The Bertz CT molecular complexity index is 1250. The molecule has 152 valence electrons. The number of nitrogens with zero attached hydrogens (tertiary/aromatic N) is 1. The van der Waals surface area contributed by atoms with Crippen molar-refractivity contribution in [1.29, 1.82) is 0 Å². The molecule has 2 N–H and O–H groups in total. The number of aromatic nitrogens is 2. The molecule has 0 bridgehead atoms. The van der Waals surface area contributed by atoms with Gasteiger partial charge < -0.3 is 14.2 Å². The Kier molecular flexibility index (Phi) is 5.48. The minimum absolute atomic E-state index is 0.0154. The maximum absolute atomic E-state index is 12.8. The molecule has 0 radical (unpaired) electrons. The summed E-state index contributed by atoms with van der Waals surface area (Å²) in [6, 6.07) is 13.7. The number of H-pyrrole nitrogens is 1. The average molecular weight is 444 g/mol. The number of fused-ring (bicyclic) bond motifs is 1. The number of benzene rings is 2. The van der Waals surface area contributed by atoms with Crippen molar-refractivity contribution in [2.24, 2.45) is 0 Å². The van der Waals surface area contributed by atoms with Crippen LogP contribution in [0, 0.1) is 0 Å². The number of hydrogen-bond acceptors (Lipinski definition) is 5. The van der Waals surface area contributed by atoms with E-state index in [4.69, 9.17) is 32.5 Å². The number of amides is 1. The summed E-state index contributed by atoms with van der Waals surface area (Å²) in [5.74, 6) is -1.31. The lowest BCUT2D eigenvalue weighted by Crippen LogP contribution is -2.15. The number of hydrogen-bond donors (Lipinski definition) is 2. The van der Waals surface area contributed by atoms with Gasteiger partial charge in [-0.1, -0.05) is 52.6 Å². The third-order valence-corrected chi connectivity index (χ3v) is 4.93. The van der Waals surface area contributed by atoms with Gasteiger partial charge in [0.25, 0.3) is 5.91 Å². The number of aromatic amines is 1. The molecule has 4 aromatic rings. The molecular weight excluding hydrogens is 429 g/mol. The molecule has 0 unspecified atom stereocenters. The summed E-state index contributed by atoms with van der Waals surface area (Å²) < 4.78 is 10.4. The molecule has 9 heteroatoms. The van der Waals surface area contributed by atoms with Crippen LogP contribution in [0.3, 0.4) is 0 Å². The van der Waals surface area contributed by atoms with Crippen LogP contribution in [-0.2, 0) is 4.74 Å². The van der Waals surface area contributed by atoms with Crippen LogP contribution < -0.4 is 5.32 Å². The molecule has 0 aliphatic heterocycles. The van der Waals surface area contributed by atoms with Gasteiger partial charge in [-0.25, -0.2) is 4.79 Å². The molecule has 0 saturated carbocycles. The lowest BCUT2D eigenvalue weighted by molar-refractivity contribution is 0.0528. The van der Waals surface area contributed by atoms with Gasteiger partial charge in [-0.3, -0.25) is 10.1 Å². The zero-order valence-electron chi connectivity index (χ0n) is 15.7. The summed E-state index contributed by atoms with van der Waals surface area (Å²) in [5, 5.41) is 8.34. The number of carbonyl (C=O) groups is 2. The second-order valence-electron chi connectivity index (χ2n) is 6.30. The predicted octanol–water partition coefficient (Wildman–Crippen LogP) is 5.56. The van der Waals surface area contributed by atoms with Gasteiger partial charge in [0.1, 0.15) is 11.4 Å². The van der Waals surface area contributed by atoms with Crippen molar-refractivity contribution in [2.75, 3.05) is 11.9 Å². The molecule has 30 heavy (non-hydrogen) atoms. The molecule has 0 saturated heterocycles. The van der Waals surface area contributed by atoms with Crippen molar-refractivity contribution in [3.8, 4) is 11.3 Å². The number of rotatable bonds is 5. The molecule has 1 amide bonds. The third kappa shape index (κ3) is 3.77. The molecule has 0 spiro atoms. The van der Waals surface area contributed by atoms with Gasteiger partial charge in [-0.15, -0.1) is 0 Å². The fraction of sp³-hybridized carbons (Fsp3) is 0.0952. The smallest absolute Gasteiger partial charge is 0.346 e. The van der Waals surface area contributed by atoms with Gasteiger partial charge >= 0.3 is 5.97 Å². The fourth-order valence-electron chi connectivity index (χ4n) is 2.98. The highest BCUT2D eigenvalue weighted by Gasteiger charge is 2.27. The molecule has 2 aromatic carbocycles. The maximum Gasteiger partial charge on any atom is 0.346 e. The van der Waals surface area contributed by atoms with E-state index in [0.717, 1.165) is 5.39 Å². The van der Waals surface area contributed by atoms with E-state index in [0.29, 0.717) is 21.1 Å². The molecule has 0 atom stereocenters. The second-order valence-corrected chi connectivity index (χ2v) is 7.15. The highest BCUT2D eigenvalue weighted by molar-refractivity contribution is 6.35. The normalized spacial score (nSPS) is 10.9. The summed E-state index contributed by atoms with van der Waals surface area (Å²) in [4.78, 5) is 28.3. The van der Waals surface area contributed by atoms with Crippen LogP contribution in [0.15, 0.2) is 53.1 Å². The molecular formula is C21H15Cl2N3O4. The van der Waals surface area contributed by atoms with E-state index in [1.165, 1.54) is 0 Å². The van der Waals surface area contributed by atoms with E-state index in [1.54, 1.807) is 49.4 Å². The largest absolute Gasteiger partial charge is 0.462 e. The highest BCUT2D eigenvalue weighted by atomic mass is 35.5. The molecule has 4 rings (SSSR count). The topological polar surface area (TPSA) is 97.2 Å². The Morgan fingerprint density at radius 1 is 1.17 bits per heavy atom. The van der Waals surface area contributed by atoms with Gasteiger partial charge in [-0.05, 0) is 31.2 Å². The Morgan fingerprint density at radius 3 is 2.63 bits per heavy atom. The van der Waals surface area contributed by atoms with Gasteiger partial charge in [0.15, 0.2) is 5.56 Å². The van der Waals surface area contributed by atoms with E-state index in [9.17, 15) is 9.59 Å². The van der Waals surface area contributed by atoms with Gasteiger partial charge in [-0.2, -0.15) is 0 Å². The first-order chi connectivity index (χ1) is 14.5. The number of ether oxygens (including phenoxy) is 1. The van der Waals surface area contributed by atoms with Crippen molar-refractivity contribution < 1.29 is 18.8 Å². The Labute approximate surface area is 180 Å². The standard InChI is InChI=1S/C21H15Cl2N3O4/c1-2-29-21(28)16-18(11-6-8-13(22)9-7-11)26-30-20(16)25-19(27)15-10-12-4-3-5-14(23)17(12)24-15/h3-10,24H,2H2,1H3,(H,25,27). The van der Waals surface area contributed by atoms with Gasteiger partial charge in [0.05, 0.1) is 17.1 Å². The Balaban J connectivity index is 1.70. The first kappa shape index (κ1) is 20.0. The van der Waals surface area contributed by atoms with E-state index in [1.807, 2.05) is 6.07 Å². The van der Waals surface area contributed by atoms with Crippen LogP contribution in [0.1, 0.15) is 27.8 Å². The van der Waals surface area contributed by atoms with Gasteiger partial charge in [0.2, 0.25) is 5.88 Å². The first-order valence-corrected chi connectivity index (χ1v) is 9.75. The first-order valence-electron chi connectivity index (χ1n) is 8.99. The average Bonchev–Trinajstić information content (AvgIpc) is 3.34. The number of anilines is 1. The third-order valence-electron chi connectivity index (χ3n) is 4.37. The number of carbonyl (C=O) groups excluding carboxylic acids is 2. The minimum Gasteiger partial charge on any atom is -0.462 e. The van der Waals surface area contributed by atoms with Crippen LogP contribution in [0.4, 0.5) is 5.88 Å². The van der Waals surface area contributed by atoms with E-state index >= 15 is 0 Å². The van der Waals surface area contributed by atoms with Crippen molar-refractivity contribution in [2.45, 2.75) is 6.92 Å². The monoisotopic (exact) mass is 443 g/mol. The summed E-state index contributed by atoms with van der Waals surface area (Å²) in [5.41, 5.74) is 1.72. The van der Waals surface area contributed by atoms with Crippen LogP contribution >= 0.6 is 23.2 Å². The van der Waals surface area contributed by atoms with E-state index < -0.39 is 11.9 Å². The summed E-state index contributed by atoms with van der Waals surface area (Å²) in [7, 11) is 0. The van der Waals surface area contributed by atoms with Crippen LogP contribution in [0.2, 0.25) is 10.0 Å². The summed E-state index contributed by atoms with van der Waals surface area (Å²) in [6.45, 7) is 1.83. The maximum atomic E-state index is 12.8. The van der Waals surface area contributed by atoms with E-state index in [2.05, 4.69) is 15.5 Å². The molecule has 2 heterocycles. The van der Waals surface area contributed by atoms with Crippen molar-refractivity contribution in [3.05, 3.63) is 69.8 Å². The van der Waals surface area contributed by atoms with Crippen LogP contribution in [0.5, 0.6) is 0 Å². The summed E-state index contributed by atoms with van der Waals surface area (Å²) >= 11 is 12.1. The Morgan fingerprint density at radius 2 is 1.93 bits per heavy atom. The Hall–Kier alpha value is -3.29. The molecule has 0 aliphatic carbocycles.